The number of carboxylic acids is 1. The second-order valence-corrected chi connectivity index (χ2v) is 11.8. The second-order valence-electron chi connectivity index (χ2n) is 10.8. The van der Waals surface area contributed by atoms with E-state index in [9.17, 15) is 14.7 Å². The number of ether oxygens (including phenoxy) is 1. The number of fused-ring (bicyclic) bond motifs is 2. The van der Waals surface area contributed by atoms with Gasteiger partial charge in [-0.2, -0.15) is 0 Å². The van der Waals surface area contributed by atoms with E-state index in [4.69, 9.17) is 9.72 Å². The van der Waals surface area contributed by atoms with Crippen molar-refractivity contribution in [2.45, 2.75) is 6.54 Å². The summed E-state index contributed by atoms with van der Waals surface area (Å²) in [5.74, 6) is -0.191. The van der Waals surface area contributed by atoms with Crippen molar-refractivity contribution in [3.05, 3.63) is 95.9 Å². The van der Waals surface area contributed by atoms with E-state index in [-0.39, 0.29) is 17.3 Å². The molecule has 9 heteroatoms. The Balaban J connectivity index is 1.40. The number of piperazine rings is 1. The van der Waals surface area contributed by atoms with Crippen LogP contribution in [0.2, 0.25) is 0 Å². The highest BCUT2D eigenvalue weighted by Crippen LogP contribution is 2.45. The van der Waals surface area contributed by atoms with Gasteiger partial charge >= 0.3 is 5.97 Å². The SMILES string of the molecule is COc1cccc(-c2ccc3cc(-c4c(-c5ccccc5)c5sc(C(=O)O)cc5n4CC(=O)N4CCNCC4)ccc3n2)c1. The van der Waals surface area contributed by atoms with Gasteiger partial charge in [-0.3, -0.25) is 4.79 Å². The molecule has 0 aliphatic carbocycles. The standard InChI is InChI=1S/C35H30N4O4S/c1-43-26-9-5-8-23(19-26)27-12-10-24-18-25(11-13-28(24)37-27)33-32(22-6-3-2-4-7-22)34-29(20-30(44-34)35(41)42)39(33)21-31(40)38-16-14-36-15-17-38/h2-13,18-20,36H,14-17,21H2,1H3,(H,41,42). The lowest BCUT2D eigenvalue weighted by molar-refractivity contribution is -0.132. The number of benzene rings is 3. The van der Waals surface area contributed by atoms with Gasteiger partial charge in [0, 0.05) is 42.7 Å². The summed E-state index contributed by atoms with van der Waals surface area (Å²) in [7, 11) is 1.65. The number of rotatable bonds is 7. The summed E-state index contributed by atoms with van der Waals surface area (Å²) in [6, 6.07) is 29.7. The van der Waals surface area contributed by atoms with Gasteiger partial charge in [0.1, 0.15) is 17.2 Å². The van der Waals surface area contributed by atoms with Crippen LogP contribution in [0.5, 0.6) is 5.75 Å². The first kappa shape index (κ1) is 27.8. The molecule has 6 aromatic rings. The number of hydrogen-bond acceptors (Lipinski definition) is 6. The Morgan fingerprint density at radius 2 is 1.70 bits per heavy atom. The van der Waals surface area contributed by atoms with Gasteiger partial charge in [0.05, 0.1) is 34.2 Å². The Hall–Kier alpha value is -4.99. The molecule has 0 spiro atoms. The van der Waals surface area contributed by atoms with Crippen LogP contribution in [-0.2, 0) is 11.3 Å². The first-order chi connectivity index (χ1) is 21.5. The smallest absolute Gasteiger partial charge is 0.345 e. The van der Waals surface area contributed by atoms with E-state index in [2.05, 4.69) is 17.4 Å². The minimum absolute atomic E-state index is 0.0118. The van der Waals surface area contributed by atoms with Crippen LogP contribution in [0.3, 0.4) is 0 Å². The number of pyridine rings is 1. The lowest BCUT2D eigenvalue weighted by atomic mass is 9.99. The monoisotopic (exact) mass is 602 g/mol. The molecule has 1 saturated heterocycles. The van der Waals surface area contributed by atoms with Gasteiger partial charge in [-0.1, -0.05) is 54.6 Å². The van der Waals surface area contributed by atoms with Gasteiger partial charge in [0.2, 0.25) is 5.91 Å². The summed E-state index contributed by atoms with van der Waals surface area (Å²) in [6.07, 6.45) is 0. The van der Waals surface area contributed by atoms with Gasteiger partial charge in [-0.05, 0) is 47.5 Å². The molecule has 0 unspecified atom stereocenters. The van der Waals surface area contributed by atoms with Gasteiger partial charge in [0.25, 0.3) is 0 Å². The summed E-state index contributed by atoms with van der Waals surface area (Å²) < 4.78 is 8.25. The third-order valence-electron chi connectivity index (χ3n) is 8.10. The van der Waals surface area contributed by atoms with Crippen LogP contribution in [0.1, 0.15) is 9.67 Å². The molecule has 2 N–H and O–H groups in total. The zero-order valence-electron chi connectivity index (χ0n) is 24.1. The predicted molar refractivity (Wildman–Crippen MR) is 174 cm³/mol. The number of carbonyl (C=O) groups excluding carboxylic acids is 1. The topological polar surface area (TPSA) is 96.7 Å². The van der Waals surface area contributed by atoms with Crippen LogP contribution in [0.15, 0.2) is 91.0 Å². The molecule has 220 valence electrons. The Bertz CT molecular complexity index is 2030. The Labute approximate surface area is 258 Å². The maximum Gasteiger partial charge on any atom is 0.345 e. The number of carbonyl (C=O) groups is 2. The minimum atomic E-state index is -0.977. The molecule has 1 amide bonds. The molecule has 1 aliphatic heterocycles. The van der Waals surface area contributed by atoms with Crippen LogP contribution in [0, 0.1) is 0 Å². The fourth-order valence-corrected chi connectivity index (χ4v) is 7.00. The third-order valence-corrected chi connectivity index (χ3v) is 9.23. The maximum absolute atomic E-state index is 13.7. The highest BCUT2D eigenvalue weighted by molar-refractivity contribution is 7.21. The first-order valence-corrected chi connectivity index (χ1v) is 15.3. The van der Waals surface area contributed by atoms with E-state index in [1.54, 1.807) is 13.2 Å². The molecule has 7 rings (SSSR count). The number of hydrogen-bond donors (Lipinski definition) is 2. The molecule has 3 aromatic carbocycles. The van der Waals surface area contributed by atoms with Crippen LogP contribution in [0.4, 0.5) is 0 Å². The molecular weight excluding hydrogens is 572 g/mol. The number of nitrogens with zero attached hydrogens (tertiary/aromatic N) is 3. The normalized spacial score (nSPS) is 13.4. The number of methoxy groups -OCH3 is 1. The molecule has 1 aliphatic rings. The summed E-state index contributed by atoms with van der Waals surface area (Å²) in [4.78, 5) is 32.8. The summed E-state index contributed by atoms with van der Waals surface area (Å²) in [5, 5.41) is 14.2. The van der Waals surface area contributed by atoms with Crippen molar-refractivity contribution >= 4 is 44.3 Å². The van der Waals surface area contributed by atoms with Crippen molar-refractivity contribution in [2.24, 2.45) is 0 Å². The van der Waals surface area contributed by atoms with Crippen molar-refractivity contribution in [3.63, 3.8) is 0 Å². The lowest BCUT2D eigenvalue weighted by Gasteiger charge is -2.28. The lowest BCUT2D eigenvalue weighted by Crippen LogP contribution is -2.47. The molecule has 8 nitrogen and oxygen atoms in total. The van der Waals surface area contributed by atoms with Gasteiger partial charge in [0.15, 0.2) is 0 Å². The molecule has 0 saturated carbocycles. The van der Waals surface area contributed by atoms with Crippen LogP contribution in [0.25, 0.3) is 54.8 Å². The third kappa shape index (κ3) is 5.10. The Morgan fingerprint density at radius 1 is 0.909 bits per heavy atom. The van der Waals surface area contributed by atoms with Crippen molar-refractivity contribution in [2.75, 3.05) is 33.3 Å². The number of thiophene rings is 1. The molecular formula is C35H30N4O4S. The predicted octanol–water partition coefficient (Wildman–Crippen LogP) is 6.39. The van der Waals surface area contributed by atoms with E-state index >= 15 is 0 Å². The van der Waals surface area contributed by atoms with Gasteiger partial charge < -0.3 is 24.6 Å². The quantitative estimate of drug-likeness (QED) is 0.220. The Kier molecular flexibility index (Phi) is 7.33. The van der Waals surface area contributed by atoms with Gasteiger partial charge in [-0.25, -0.2) is 9.78 Å². The van der Waals surface area contributed by atoms with E-state index in [0.29, 0.717) is 13.1 Å². The fourth-order valence-electron chi connectivity index (χ4n) is 5.93. The number of amides is 1. The summed E-state index contributed by atoms with van der Waals surface area (Å²) in [5.41, 5.74) is 7.11. The van der Waals surface area contributed by atoms with Crippen molar-refractivity contribution in [1.29, 1.82) is 0 Å². The minimum Gasteiger partial charge on any atom is -0.497 e. The molecule has 1 fully saturated rings. The average Bonchev–Trinajstić information content (AvgIpc) is 3.63. The fraction of sp³-hybridized carbons (Fsp3) is 0.171. The van der Waals surface area contributed by atoms with Crippen molar-refractivity contribution in [1.82, 2.24) is 19.8 Å². The largest absolute Gasteiger partial charge is 0.497 e. The van der Waals surface area contributed by atoms with E-state index in [1.165, 1.54) is 11.3 Å². The molecule has 0 atom stereocenters. The van der Waals surface area contributed by atoms with E-state index < -0.39 is 5.97 Å². The highest BCUT2D eigenvalue weighted by Gasteiger charge is 2.27. The van der Waals surface area contributed by atoms with Crippen LogP contribution < -0.4 is 10.1 Å². The van der Waals surface area contributed by atoms with E-state index in [0.717, 1.165) is 73.6 Å². The zero-order chi connectivity index (χ0) is 30.2. The first-order valence-electron chi connectivity index (χ1n) is 14.5. The number of aromatic carboxylic acids is 1. The molecule has 3 aromatic heterocycles. The molecule has 4 heterocycles. The highest BCUT2D eigenvalue weighted by atomic mass is 32.1. The second kappa shape index (κ2) is 11.6. The Morgan fingerprint density at radius 3 is 2.48 bits per heavy atom. The molecule has 0 radical (unpaired) electrons. The van der Waals surface area contributed by atoms with Gasteiger partial charge in [-0.15, -0.1) is 11.3 Å². The summed E-state index contributed by atoms with van der Waals surface area (Å²) >= 11 is 1.25. The summed E-state index contributed by atoms with van der Waals surface area (Å²) in [6.45, 7) is 2.91. The zero-order valence-corrected chi connectivity index (χ0v) is 24.9. The number of carboxylic acid groups (broad SMARTS) is 1. The van der Waals surface area contributed by atoms with Crippen molar-refractivity contribution < 1.29 is 19.4 Å². The van der Waals surface area contributed by atoms with Crippen LogP contribution in [-0.4, -0.2) is 64.7 Å². The average molecular weight is 603 g/mol. The molecule has 44 heavy (non-hydrogen) atoms. The number of nitrogens with one attached hydrogen (secondary N) is 1. The number of aromatic nitrogens is 2. The van der Waals surface area contributed by atoms with Crippen LogP contribution >= 0.6 is 11.3 Å². The molecule has 0 bridgehead atoms. The van der Waals surface area contributed by atoms with E-state index in [1.807, 2.05) is 82.3 Å². The maximum atomic E-state index is 13.7. The van der Waals surface area contributed by atoms with Crippen molar-refractivity contribution in [3.8, 4) is 39.4 Å².